The second-order valence-corrected chi connectivity index (χ2v) is 8.88. The molecule has 12 heteroatoms. The molecule has 0 radical (unpaired) electrons. The van der Waals surface area contributed by atoms with E-state index >= 15 is 0 Å². The number of rotatable bonds is 8. The van der Waals surface area contributed by atoms with Crippen molar-refractivity contribution in [2.24, 2.45) is 0 Å². The lowest BCUT2D eigenvalue weighted by Gasteiger charge is -2.20. The van der Waals surface area contributed by atoms with E-state index in [1.165, 1.54) is 25.4 Å². The van der Waals surface area contributed by atoms with Gasteiger partial charge in [-0.1, -0.05) is 6.42 Å². The number of hydrogen-bond acceptors (Lipinski definition) is 7. The molecule has 0 aliphatic heterocycles. The first-order chi connectivity index (χ1) is 11.6. The molecule has 0 spiro atoms. The molecule has 1 rings (SSSR count). The summed E-state index contributed by atoms with van der Waals surface area (Å²) in [5.41, 5.74) is 2.23. The van der Waals surface area contributed by atoms with Gasteiger partial charge in [-0.15, -0.1) is 0 Å². The number of sulfonamides is 1. The zero-order chi connectivity index (χ0) is 19.0. The van der Waals surface area contributed by atoms with Crippen LogP contribution in [-0.4, -0.2) is 56.6 Å². The molecule has 1 fully saturated rings. The fourth-order valence-electron chi connectivity index (χ4n) is 2.13. The first-order valence-corrected chi connectivity index (χ1v) is 10.0. The van der Waals surface area contributed by atoms with Crippen molar-refractivity contribution in [3.05, 3.63) is 11.3 Å². The van der Waals surface area contributed by atoms with Gasteiger partial charge >= 0.3 is 6.09 Å². The van der Waals surface area contributed by atoms with Crippen molar-refractivity contribution in [2.45, 2.75) is 38.5 Å². The van der Waals surface area contributed by atoms with Gasteiger partial charge in [0.05, 0.1) is 0 Å². The summed E-state index contributed by atoms with van der Waals surface area (Å²) in [4.78, 5) is 16.2. The predicted molar refractivity (Wildman–Crippen MR) is 91.7 cm³/mol. The Bertz CT molecular complexity index is 577. The second kappa shape index (κ2) is 10.1. The van der Waals surface area contributed by atoms with Crippen LogP contribution in [0.2, 0.25) is 0 Å². The van der Waals surface area contributed by atoms with Crippen LogP contribution in [0.3, 0.4) is 0 Å². The Hall–Kier alpha value is -1.11. The number of alkyl halides is 2. The van der Waals surface area contributed by atoms with E-state index in [1.54, 1.807) is 0 Å². The van der Waals surface area contributed by atoms with E-state index in [9.17, 15) is 22.0 Å². The third kappa shape index (κ3) is 7.75. The standard InChI is InChI=1S/C13H24F2N4O4S2/c1-18(2)25(21,22)9-19(3)24-17-13(20)23-16-11(12(14)15)10-7-5-4-6-8-10/h12,16H,4-9H2,1-3H3,(H,17,20). The number of amides is 1. The van der Waals surface area contributed by atoms with Crippen LogP contribution in [0.1, 0.15) is 32.1 Å². The maximum atomic E-state index is 13.1. The molecule has 0 atom stereocenters. The highest BCUT2D eigenvalue weighted by Crippen LogP contribution is 2.27. The van der Waals surface area contributed by atoms with Crippen LogP contribution >= 0.6 is 12.1 Å². The average Bonchev–Trinajstić information content (AvgIpc) is 2.53. The lowest BCUT2D eigenvalue weighted by atomic mass is 9.93. The van der Waals surface area contributed by atoms with E-state index < -0.39 is 22.5 Å². The van der Waals surface area contributed by atoms with Crippen molar-refractivity contribution < 1.29 is 26.8 Å². The third-order valence-electron chi connectivity index (χ3n) is 3.50. The van der Waals surface area contributed by atoms with Gasteiger partial charge in [0.15, 0.2) is 0 Å². The van der Waals surface area contributed by atoms with Gasteiger partial charge in [-0.25, -0.2) is 40.8 Å². The Morgan fingerprint density at radius 1 is 1.24 bits per heavy atom. The van der Waals surface area contributed by atoms with Gasteiger partial charge in [-0.3, -0.25) is 0 Å². The van der Waals surface area contributed by atoms with Crippen LogP contribution in [-0.2, 0) is 14.9 Å². The Kier molecular flexibility index (Phi) is 8.89. The van der Waals surface area contributed by atoms with Crippen molar-refractivity contribution >= 4 is 28.3 Å². The van der Waals surface area contributed by atoms with E-state index in [4.69, 9.17) is 0 Å². The largest absolute Gasteiger partial charge is 0.442 e. The van der Waals surface area contributed by atoms with Crippen LogP contribution in [0.4, 0.5) is 13.6 Å². The molecule has 0 unspecified atom stereocenters. The summed E-state index contributed by atoms with van der Waals surface area (Å²) in [7, 11) is 0.766. The first kappa shape index (κ1) is 21.9. The van der Waals surface area contributed by atoms with Gasteiger partial charge in [0.1, 0.15) is 11.6 Å². The summed E-state index contributed by atoms with van der Waals surface area (Å²) in [6.07, 6.45) is 0.00552. The molecular weight excluding hydrogens is 378 g/mol. The van der Waals surface area contributed by atoms with Crippen molar-refractivity contribution in [1.82, 2.24) is 18.8 Å². The van der Waals surface area contributed by atoms with E-state index in [-0.39, 0.29) is 11.6 Å². The molecule has 0 bridgehead atoms. The number of halogens is 2. The molecule has 2 N–H and O–H groups in total. The van der Waals surface area contributed by atoms with Crippen LogP contribution in [0.25, 0.3) is 0 Å². The van der Waals surface area contributed by atoms with Crippen LogP contribution < -0.4 is 10.2 Å². The van der Waals surface area contributed by atoms with Gasteiger partial charge in [0.2, 0.25) is 10.0 Å². The lowest BCUT2D eigenvalue weighted by Crippen LogP contribution is -2.35. The normalized spacial score (nSPS) is 15.6. The molecule has 146 valence electrons. The topological polar surface area (TPSA) is 91.0 Å². The van der Waals surface area contributed by atoms with Crippen LogP contribution in [0.5, 0.6) is 0 Å². The van der Waals surface area contributed by atoms with E-state index in [2.05, 4.69) is 9.56 Å². The fourth-order valence-corrected chi connectivity index (χ4v) is 3.70. The molecule has 1 aliphatic carbocycles. The second-order valence-electron chi connectivity index (χ2n) is 5.71. The molecule has 0 saturated heterocycles. The van der Waals surface area contributed by atoms with Crippen molar-refractivity contribution in [2.75, 3.05) is 27.0 Å². The molecule has 1 amide bonds. The van der Waals surface area contributed by atoms with E-state index in [0.29, 0.717) is 30.5 Å². The molecule has 0 heterocycles. The molecule has 0 aromatic heterocycles. The highest BCUT2D eigenvalue weighted by Gasteiger charge is 2.21. The number of hydroxylamine groups is 1. The zero-order valence-corrected chi connectivity index (χ0v) is 16.1. The highest BCUT2D eigenvalue weighted by molar-refractivity contribution is 7.96. The van der Waals surface area contributed by atoms with E-state index in [0.717, 1.165) is 23.6 Å². The fraction of sp³-hybridized carbons (Fsp3) is 0.769. The van der Waals surface area contributed by atoms with Gasteiger partial charge in [-0.2, -0.15) is 0 Å². The minimum atomic E-state index is -3.47. The van der Waals surface area contributed by atoms with Crippen LogP contribution in [0, 0.1) is 0 Å². The molecule has 1 saturated carbocycles. The zero-order valence-electron chi connectivity index (χ0n) is 14.4. The van der Waals surface area contributed by atoms with Crippen molar-refractivity contribution in [1.29, 1.82) is 0 Å². The summed E-state index contributed by atoms with van der Waals surface area (Å²) in [5, 5.41) is 0. The molecule has 1 aliphatic rings. The summed E-state index contributed by atoms with van der Waals surface area (Å²) in [6.45, 7) is 0. The monoisotopic (exact) mass is 402 g/mol. The number of nitrogens with one attached hydrogen (secondary N) is 2. The van der Waals surface area contributed by atoms with E-state index in [1.807, 2.05) is 5.48 Å². The van der Waals surface area contributed by atoms with Crippen LogP contribution in [0.15, 0.2) is 11.3 Å². The maximum absolute atomic E-state index is 13.1. The number of nitrogens with zero attached hydrogens (tertiary/aromatic N) is 2. The lowest BCUT2D eigenvalue weighted by molar-refractivity contribution is 0.0804. The minimum Gasteiger partial charge on any atom is -0.324 e. The molecular formula is C13H24F2N4O4S2. The average molecular weight is 402 g/mol. The van der Waals surface area contributed by atoms with Crippen molar-refractivity contribution in [3.63, 3.8) is 0 Å². The quantitative estimate of drug-likeness (QED) is 0.474. The van der Waals surface area contributed by atoms with Gasteiger partial charge < -0.3 is 4.84 Å². The number of carbonyl (C=O) groups is 1. The van der Waals surface area contributed by atoms with Crippen molar-refractivity contribution in [3.8, 4) is 0 Å². The van der Waals surface area contributed by atoms with Gasteiger partial charge in [0.25, 0.3) is 6.43 Å². The molecule has 8 nitrogen and oxygen atoms in total. The van der Waals surface area contributed by atoms with Gasteiger partial charge in [-0.05, 0) is 31.3 Å². The Morgan fingerprint density at radius 2 is 1.84 bits per heavy atom. The SMILES string of the molecule is CN(CS(=O)(=O)N(C)C)SNC(=O)ONC(=C1CCCCC1)C(F)F. The Labute approximate surface area is 151 Å². The minimum absolute atomic E-state index is 0.343. The molecule has 0 aromatic rings. The highest BCUT2D eigenvalue weighted by atomic mass is 32.2. The Morgan fingerprint density at radius 3 is 2.36 bits per heavy atom. The summed E-state index contributed by atoms with van der Waals surface area (Å²) in [6, 6.07) is 0. The number of hydrogen-bond donors (Lipinski definition) is 2. The smallest absolute Gasteiger partial charge is 0.324 e. The maximum Gasteiger partial charge on any atom is 0.442 e. The Balaban J connectivity index is 2.45. The summed E-state index contributed by atoms with van der Waals surface area (Å²) in [5.74, 6) is -0.343. The third-order valence-corrected chi connectivity index (χ3v) is 6.18. The summed E-state index contributed by atoms with van der Waals surface area (Å²) >= 11 is 0.684. The molecule has 0 aromatic carbocycles. The number of carbonyl (C=O) groups excluding carboxylic acids is 1. The predicted octanol–water partition coefficient (Wildman–Crippen LogP) is 2.04. The molecule has 25 heavy (non-hydrogen) atoms. The summed E-state index contributed by atoms with van der Waals surface area (Å²) < 4.78 is 54.1. The van der Waals surface area contributed by atoms with Gasteiger partial charge in [0, 0.05) is 33.3 Å². The first-order valence-electron chi connectivity index (χ1n) is 7.64. The number of allylic oxidation sites excluding steroid dienone is 2.